The van der Waals surface area contributed by atoms with Gasteiger partial charge in [-0.3, -0.25) is 0 Å². The van der Waals surface area contributed by atoms with Crippen molar-refractivity contribution >= 4 is 11.6 Å². The Hall–Kier alpha value is -3.59. The normalized spacial score (nSPS) is 18.2. The number of rotatable bonds is 7. The number of nitrogens with zero attached hydrogens (tertiary/aromatic N) is 5. The van der Waals surface area contributed by atoms with E-state index in [2.05, 4.69) is 26.8 Å². The summed E-state index contributed by atoms with van der Waals surface area (Å²) in [7, 11) is 1.76. The first-order valence-corrected chi connectivity index (χ1v) is 12.0. The molecular formula is C27H29F2N5O2. The van der Waals surface area contributed by atoms with Crippen LogP contribution in [0.15, 0.2) is 55.0 Å². The number of alkyl halides is 2. The van der Waals surface area contributed by atoms with E-state index in [0.717, 1.165) is 53.5 Å². The molecule has 3 aromatic heterocycles. The van der Waals surface area contributed by atoms with Crippen LogP contribution in [-0.2, 0) is 11.2 Å². The number of hydrogen-bond donors (Lipinski definition) is 0. The van der Waals surface area contributed by atoms with Gasteiger partial charge < -0.3 is 18.8 Å². The molecule has 0 N–H and O–H groups in total. The highest BCUT2D eigenvalue weighted by Gasteiger charge is 2.27. The van der Waals surface area contributed by atoms with Crippen LogP contribution in [0.2, 0.25) is 0 Å². The molecule has 0 amide bonds. The van der Waals surface area contributed by atoms with Gasteiger partial charge in [0, 0.05) is 67.1 Å². The quantitative estimate of drug-likeness (QED) is 0.348. The number of fused-ring (bicyclic) bond motifs is 1. The third-order valence-corrected chi connectivity index (χ3v) is 6.85. The average molecular weight is 494 g/mol. The molecule has 1 aliphatic rings. The number of piperidine rings is 1. The lowest BCUT2D eigenvalue weighted by atomic mass is 10.0. The standard InChI is InChI=1S/C27H29F2N5O2/c1-17-12-22(35-3)10-11-33(17)27-30-14-21(15-31-27)20-8-9-25-32-18(2)23(34(25)16-20)13-19-6-4-5-7-24(19)36-26(28)29/h4-9,14-17,22,26H,10-13H2,1-3H3. The van der Waals surface area contributed by atoms with Gasteiger partial charge in [0.05, 0.1) is 11.8 Å². The number of hydrogen-bond acceptors (Lipinski definition) is 6. The topological polar surface area (TPSA) is 64.8 Å². The summed E-state index contributed by atoms with van der Waals surface area (Å²) >= 11 is 0. The number of anilines is 1. The van der Waals surface area contributed by atoms with Crippen LogP contribution in [0.25, 0.3) is 16.8 Å². The van der Waals surface area contributed by atoms with Crippen molar-refractivity contribution in [2.45, 2.75) is 51.9 Å². The molecule has 0 spiro atoms. The maximum absolute atomic E-state index is 12.9. The number of aromatic nitrogens is 4. The van der Waals surface area contributed by atoms with Crippen LogP contribution in [-0.4, -0.2) is 51.8 Å². The van der Waals surface area contributed by atoms with Gasteiger partial charge in [0.15, 0.2) is 0 Å². The van der Waals surface area contributed by atoms with E-state index in [1.165, 1.54) is 0 Å². The van der Waals surface area contributed by atoms with E-state index in [0.29, 0.717) is 18.0 Å². The van der Waals surface area contributed by atoms with Gasteiger partial charge in [0.2, 0.25) is 5.95 Å². The molecule has 1 fully saturated rings. The summed E-state index contributed by atoms with van der Waals surface area (Å²) in [6, 6.07) is 11.1. The van der Waals surface area contributed by atoms with Crippen LogP contribution in [0.3, 0.4) is 0 Å². The Bertz CT molecular complexity index is 1340. The first-order chi connectivity index (χ1) is 17.4. The molecule has 188 valence electrons. The number of imidazole rings is 1. The van der Waals surface area contributed by atoms with Crippen LogP contribution in [0.1, 0.15) is 36.7 Å². The van der Waals surface area contributed by atoms with E-state index < -0.39 is 6.61 Å². The average Bonchev–Trinajstić information content (AvgIpc) is 3.19. The molecule has 9 heteroatoms. The Morgan fingerprint density at radius 3 is 2.58 bits per heavy atom. The van der Waals surface area contributed by atoms with Gasteiger partial charge in [-0.2, -0.15) is 8.78 Å². The number of pyridine rings is 1. The van der Waals surface area contributed by atoms with E-state index in [4.69, 9.17) is 9.47 Å². The van der Waals surface area contributed by atoms with Crippen molar-refractivity contribution in [2.75, 3.05) is 18.6 Å². The fraction of sp³-hybridized carbons (Fsp3) is 0.370. The van der Waals surface area contributed by atoms with Crippen LogP contribution in [0.5, 0.6) is 5.75 Å². The predicted molar refractivity (Wildman–Crippen MR) is 134 cm³/mol. The van der Waals surface area contributed by atoms with E-state index >= 15 is 0 Å². The summed E-state index contributed by atoms with van der Waals surface area (Å²) in [5.41, 5.74) is 5.02. The highest BCUT2D eigenvalue weighted by molar-refractivity contribution is 5.64. The molecule has 0 radical (unpaired) electrons. The molecule has 0 bridgehead atoms. The molecule has 5 rings (SSSR count). The predicted octanol–water partition coefficient (Wildman–Crippen LogP) is 5.30. The van der Waals surface area contributed by atoms with Gasteiger partial charge >= 0.3 is 6.61 Å². The molecule has 0 saturated carbocycles. The van der Waals surface area contributed by atoms with Crippen molar-refractivity contribution in [3.05, 3.63) is 71.9 Å². The van der Waals surface area contributed by atoms with Crippen molar-refractivity contribution in [1.82, 2.24) is 19.4 Å². The SMILES string of the molecule is COC1CCN(c2ncc(-c3ccc4nc(C)c(Cc5ccccc5OC(F)F)n4c3)cn2)C(C)C1. The zero-order valence-corrected chi connectivity index (χ0v) is 20.6. The number of ether oxygens (including phenoxy) is 2. The van der Waals surface area contributed by atoms with Crippen molar-refractivity contribution in [3.63, 3.8) is 0 Å². The molecule has 0 aliphatic carbocycles. The van der Waals surface area contributed by atoms with Crippen LogP contribution in [0.4, 0.5) is 14.7 Å². The Kier molecular flexibility index (Phi) is 6.82. The number of aryl methyl sites for hydroxylation is 1. The maximum atomic E-state index is 12.9. The lowest BCUT2D eigenvalue weighted by Crippen LogP contribution is -2.44. The summed E-state index contributed by atoms with van der Waals surface area (Å²) in [6.07, 6.45) is 8.27. The summed E-state index contributed by atoms with van der Waals surface area (Å²) in [4.78, 5) is 16.2. The molecule has 7 nitrogen and oxygen atoms in total. The maximum Gasteiger partial charge on any atom is 0.387 e. The highest BCUT2D eigenvalue weighted by Crippen LogP contribution is 2.28. The van der Waals surface area contributed by atoms with Crippen molar-refractivity contribution in [1.29, 1.82) is 0 Å². The first kappa shape index (κ1) is 24.1. The lowest BCUT2D eigenvalue weighted by Gasteiger charge is -2.37. The van der Waals surface area contributed by atoms with Crippen LogP contribution >= 0.6 is 0 Å². The number of methoxy groups -OCH3 is 1. The summed E-state index contributed by atoms with van der Waals surface area (Å²) in [5.74, 6) is 0.891. The van der Waals surface area contributed by atoms with Gasteiger partial charge in [-0.15, -0.1) is 0 Å². The molecule has 2 atom stereocenters. The fourth-order valence-electron chi connectivity index (χ4n) is 4.89. The minimum atomic E-state index is -2.88. The van der Waals surface area contributed by atoms with Crippen LogP contribution < -0.4 is 9.64 Å². The van der Waals surface area contributed by atoms with Crippen molar-refractivity contribution < 1.29 is 18.3 Å². The van der Waals surface area contributed by atoms with Gasteiger partial charge in [0.1, 0.15) is 11.4 Å². The van der Waals surface area contributed by atoms with Gasteiger partial charge in [-0.25, -0.2) is 15.0 Å². The van der Waals surface area contributed by atoms with Gasteiger partial charge in [-0.1, -0.05) is 18.2 Å². The Morgan fingerprint density at radius 2 is 1.86 bits per heavy atom. The number of halogens is 2. The largest absolute Gasteiger partial charge is 0.435 e. The van der Waals surface area contributed by atoms with Crippen molar-refractivity contribution in [2.24, 2.45) is 0 Å². The molecule has 4 heterocycles. The molecule has 36 heavy (non-hydrogen) atoms. The molecule has 4 aromatic rings. The highest BCUT2D eigenvalue weighted by atomic mass is 19.3. The van der Waals surface area contributed by atoms with Crippen LogP contribution in [0, 0.1) is 6.92 Å². The zero-order chi connectivity index (χ0) is 25.2. The Balaban J connectivity index is 1.42. The fourth-order valence-corrected chi connectivity index (χ4v) is 4.89. The molecule has 1 saturated heterocycles. The second-order valence-corrected chi connectivity index (χ2v) is 9.15. The molecule has 1 aromatic carbocycles. The van der Waals surface area contributed by atoms with E-state index in [1.807, 2.05) is 48.1 Å². The number of benzene rings is 1. The Labute approximate surface area is 208 Å². The zero-order valence-electron chi connectivity index (χ0n) is 20.6. The second-order valence-electron chi connectivity index (χ2n) is 9.15. The monoisotopic (exact) mass is 493 g/mol. The molecule has 2 unspecified atom stereocenters. The van der Waals surface area contributed by atoms with E-state index in [9.17, 15) is 8.78 Å². The third kappa shape index (κ3) is 4.88. The first-order valence-electron chi connectivity index (χ1n) is 12.0. The van der Waals surface area contributed by atoms with E-state index in [-0.39, 0.29) is 11.9 Å². The summed E-state index contributed by atoms with van der Waals surface area (Å²) < 4.78 is 38.0. The van der Waals surface area contributed by atoms with Crippen molar-refractivity contribution in [3.8, 4) is 16.9 Å². The van der Waals surface area contributed by atoms with Gasteiger partial charge in [-0.05, 0) is 44.9 Å². The van der Waals surface area contributed by atoms with Gasteiger partial charge in [0.25, 0.3) is 0 Å². The Morgan fingerprint density at radius 1 is 1.08 bits per heavy atom. The summed E-state index contributed by atoms with van der Waals surface area (Å²) in [6.45, 7) is 2.08. The minimum absolute atomic E-state index is 0.172. The number of para-hydroxylation sites is 1. The minimum Gasteiger partial charge on any atom is -0.435 e. The second kappa shape index (κ2) is 10.2. The lowest BCUT2D eigenvalue weighted by molar-refractivity contribution is -0.0503. The molecular weight excluding hydrogens is 464 g/mol. The summed E-state index contributed by atoms with van der Waals surface area (Å²) in [5, 5.41) is 0. The smallest absolute Gasteiger partial charge is 0.387 e. The molecule has 1 aliphatic heterocycles. The third-order valence-electron chi connectivity index (χ3n) is 6.85. The van der Waals surface area contributed by atoms with E-state index in [1.54, 1.807) is 25.3 Å².